The highest BCUT2D eigenvalue weighted by Gasteiger charge is 2.09. The highest BCUT2D eigenvalue weighted by molar-refractivity contribution is 6.05. The molecule has 0 unspecified atom stereocenters. The van der Waals surface area contributed by atoms with Crippen LogP contribution in [-0.2, 0) is 0 Å². The standard InChI is InChI=1S/C14H13NO3/c1-9-8-12(17)6-7-13(9)14(18)15-10-2-4-11(16)5-3-10/h2-8,16-17H,1H3,(H,15,18). The highest BCUT2D eigenvalue weighted by Crippen LogP contribution is 2.18. The quantitative estimate of drug-likeness (QED) is 0.710. The fourth-order valence-corrected chi connectivity index (χ4v) is 1.65. The lowest BCUT2D eigenvalue weighted by molar-refractivity contribution is 0.102. The van der Waals surface area contributed by atoms with Gasteiger partial charge in [-0.3, -0.25) is 4.79 Å². The predicted molar refractivity (Wildman–Crippen MR) is 68.9 cm³/mol. The maximum Gasteiger partial charge on any atom is 0.255 e. The third-order valence-corrected chi connectivity index (χ3v) is 2.58. The van der Waals surface area contributed by atoms with Gasteiger partial charge < -0.3 is 15.5 Å². The van der Waals surface area contributed by atoms with Gasteiger partial charge in [-0.15, -0.1) is 0 Å². The summed E-state index contributed by atoms with van der Waals surface area (Å²) in [5, 5.41) is 21.1. The normalized spacial score (nSPS) is 10.1. The smallest absolute Gasteiger partial charge is 0.255 e. The third kappa shape index (κ3) is 2.60. The topological polar surface area (TPSA) is 69.6 Å². The lowest BCUT2D eigenvalue weighted by Crippen LogP contribution is -2.13. The fourth-order valence-electron chi connectivity index (χ4n) is 1.65. The van der Waals surface area contributed by atoms with E-state index in [4.69, 9.17) is 5.11 Å². The Morgan fingerprint density at radius 1 is 1.00 bits per heavy atom. The number of nitrogens with one attached hydrogen (secondary N) is 1. The van der Waals surface area contributed by atoms with Crippen LogP contribution in [-0.4, -0.2) is 16.1 Å². The van der Waals surface area contributed by atoms with Gasteiger partial charge in [0.15, 0.2) is 0 Å². The zero-order chi connectivity index (χ0) is 13.1. The molecule has 92 valence electrons. The zero-order valence-corrected chi connectivity index (χ0v) is 9.84. The van der Waals surface area contributed by atoms with Crippen LogP contribution in [0, 0.1) is 6.92 Å². The Hall–Kier alpha value is -2.49. The Kier molecular flexibility index (Phi) is 3.19. The Labute approximate surface area is 105 Å². The van der Waals surface area contributed by atoms with Gasteiger partial charge >= 0.3 is 0 Å². The zero-order valence-electron chi connectivity index (χ0n) is 9.84. The summed E-state index contributed by atoms with van der Waals surface area (Å²) in [6, 6.07) is 10.8. The predicted octanol–water partition coefficient (Wildman–Crippen LogP) is 2.66. The third-order valence-electron chi connectivity index (χ3n) is 2.58. The van der Waals surface area contributed by atoms with E-state index < -0.39 is 0 Å². The van der Waals surface area contributed by atoms with E-state index in [0.29, 0.717) is 16.8 Å². The van der Waals surface area contributed by atoms with Crippen LogP contribution in [0.1, 0.15) is 15.9 Å². The summed E-state index contributed by atoms with van der Waals surface area (Å²) in [4.78, 5) is 12.0. The van der Waals surface area contributed by atoms with Crippen molar-refractivity contribution in [3.63, 3.8) is 0 Å². The van der Waals surface area contributed by atoms with Crippen molar-refractivity contribution in [2.45, 2.75) is 6.92 Å². The molecule has 2 aromatic rings. The number of carbonyl (C=O) groups excluding carboxylic acids is 1. The molecule has 18 heavy (non-hydrogen) atoms. The van der Waals surface area contributed by atoms with Crippen LogP contribution >= 0.6 is 0 Å². The van der Waals surface area contributed by atoms with E-state index in [-0.39, 0.29) is 17.4 Å². The van der Waals surface area contributed by atoms with Gasteiger partial charge in [0.1, 0.15) is 11.5 Å². The van der Waals surface area contributed by atoms with Gasteiger partial charge in [-0.25, -0.2) is 0 Å². The van der Waals surface area contributed by atoms with Crippen molar-refractivity contribution in [2.24, 2.45) is 0 Å². The Morgan fingerprint density at radius 2 is 1.61 bits per heavy atom. The maximum atomic E-state index is 12.0. The van der Waals surface area contributed by atoms with E-state index in [1.807, 2.05) is 0 Å². The monoisotopic (exact) mass is 243 g/mol. The molecule has 2 rings (SSSR count). The minimum absolute atomic E-state index is 0.133. The molecule has 0 saturated carbocycles. The summed E-state index contributed by atoms with van der Waals surface area (Å²) >= 11 is 0. The maximum absolute atomic E-state index is 12.0. The van der Waals surface area contributed by atoms with Crippen molar-refractivity contribution in [3.8, 4) is 11.5 Å². The average molecular weight is 243 g/mol. The van der Waals surface area contributed by atoms with E-state index in [9.17, 15) is 9.90 Å². The summed E-state index contributed by atoms with van der Waals surface area (Å²) in [6.07, 6.45) is 0. The van der Waals surface area contributed by atoms with Crippen molar-refractivity contribution in [3.05, 3.63) is 53.6 Å². The van der Waals surface area contributed by atoms with Gasteiger partial charge in [0.25, 0.3) is 5.91 Å². The SMILES string of the molecule is Cc1cc(O)ccc1C(=O)Nc1ccc(O)cc1. The van der Waals surface area contributed by atoms with Gasteiger partial charge in [0.05, 0.1) is 0 Å². The second kappa shape index (κ2) is 4.79. The van der Waals surface area contributed by atoms with E-state index >= 15 is 0 Å². The van der Waals surface area contributed by atoms with E-state index in [1.165, 1.54) is 24.3 Å². The number of anilines is 1. The fraction of sp³-hybridized carbons (Fsp3) is 0.0714. The van der Waals surface area contributed by atoms with Crippen LogP contribution in [0.15, 0.2) is 42.5 Å². The first-order chi connectivity index (χ1) is 8.56. The molecule has 0 aliphatic rings. The summed E-state index contributed by atoms with van der Waals surface area (Å²) < 4.78 is 0. The second-order valence-corrected chi connectivity index (χ2v) is 4.00. The summed E-state index contributed by atoms with van der Waals surface area (Å²) in [6.45, 7) is 1.76. The first-order valence-corrected chi connectivity index (χ1v) is 5.46. The molecule has 1 amide bonds. The van der Waals surface area contributed by atoms with Crippen molar-refractivity contribution < 1.29 is 15.0 Å². The lowest BCUT2D eigenvalue weighted by Gasteiger charge is -2.08. The molecule has 0 aliphatic heterocycles. The second-order valence-electron chi connectivity index (χ2n) is 4.00. The number of hydrogen-bond acceptors (Lipinski definition) is 3. The molecule has 0 heterocycles. The van der Waals surface area contributed by atoms with Crippen LogP contribution in [0.3, 0.4) is 0 Å². The van der Waals surface area contributed by atoms with E-state index in [2.05, 4.69) is 5.32 Å². The van der Waals surface area contributed by atoms with E-state index in [0.717, 1.165) is 0 Å². The van der Waals surface area contributed by atoms with Gasteiger partial charge in [-0.1, -0.05) is 0 Å². The van der Waals surface area contributed by atoms with Crippen LogP contribution in [0.4, 0.5) is 5.69 Å². The highest BCUT2D eigenvalue weighted by atomic mass is 16.3. The van der Waals surface area contributed by atoms with Gasteiger partial charge in [-0.05, 0) is 55.0 Å². The van der Waals surface area contributed by atoms with Crippen molar-refractivity contribution in [1.29, 1.82) is 0 Å². The number of aryl methyl sites for hydroxylation is 1. The number of benzene rings is 2. The number of aromatic hydroxyl groups is 2. The Bertz CT molecular complexity index is 576. The molecule has 0 bridgehead atoms. The molecule has 0 spiro atoms. The van der Waals surface area contributed by atoms with Crippen molar-refractivity contribution in [2.75, 3.05) is 5.32 Å². The van der Waals surface area contributed by atoms with Crippen LogP contribution in [0.5, 0.6) is 11.5 Å². The summed E-state index contributed by atoms with van der Waals surface area (Å²) in [5.74, 6) is 0.0284. The average Bonchev–Trinajstić information content (AvgIpc) is 2.32. The van der Waals surface area contributed by atoms with Crippen LogP contribution in [0.2, 0.25) is 0 Å². The van der Waals surface area contributed by atoms with Gasteiger partial charge in [-0.2, -0.15) is 0 Å². The summed E-state index contributed by atoms with van der Waals surface area (Å²) in [7, 11) is 0. The molecule has 0 atom stereocenters. The molecule has 0 aromatic heterocycles. The molecule has 4 heteroatoms. The summed E-state index contributed by atoms with van der Waals surface area (Å²) in [5.41, 5.74) is 1.80. The van der Waals surface area contributed by atoms with Crippen molar-refractivity contribution >= 4 is 11.6 Å². The molecule has 0 aliphatic carbocycles. The molecular formula is C14H13NO3. The number of carbonyl (C=O) groups is 1. The molecule has 4 nitrogen and oxygen atoms in total. The molecular weight excluding hydrogens is 230 g/mol. The van der Waals surface area contributed by atoms with Crippen molar-refractivity contribution in [1.82, 2.24) is 0 Å². The van der Waals surface area contributed by atoms with Gasteiger partial charge in [0.2, 0.25) is 0 Å². The Balaban J connectivity index is 2.19. The number of phenols is 2. The molecule has 0 radical (unpaired) electrons. The first-order valence-electron chi connectivity index (χ1n) is 5.46. The molecule has 0 fully saturated rings. The largest absolute Gasteiger partial charge is 0.508 e. The number of hydrogen-bond donors (Lipinski definition) is 3. The first kappa shape index (κ1) is 12.0. The molecule has 3 N–H and O–H groups in total. The number of amides is 1. The van der Waals surface area contributed by atoms with E-state index in [1.54, 1.807) is 25.1 Å². The molecule has 0 saturated heterocycles. The minimum Gasteiger partial charge on any atom is -0.508 e. The Morgan fingerprint density at radius 3 is 2.22 bits per heavy atom. The number of phenolic OH excluding ortho intramolecular Hbond substituents is 2. The van der Waals surface area contributed by atoms with Crippen LogP contribution in [0.25, 0.3) is 0 Å². The number of rotatable bonds is 2. The van der Waals surface area contributed by atoms with Gasteiger partial charge in [0, 0.05) is 11.3 Å². The van der Waals surface area contributed by atoms with Crippen LogP contribution < -0.4 is 5.32 Å². The minimum atomic E-state index is -0.252. The lowest BCUT2D eigenvalue weighted by atomic mass is 10.1. The molecule has 2 aromatic carbocycles.